The van der Waals surface area contributed by atoms with Gasteiger partial charge in [-0.15, -0.1) is 0 Å². The minimum atomic E-state index is 0.627. The fourth-order valence-corrected chi connectivity index (χ4v) is 4.56. The van der Waals surface area contributed by atoms with E-state index in [9.17, 15) is 0 Å². The molecular formula is C25H28N4O2. The lowest BCUT2D eigenvalue weighted by Gasteiger charge is -2.36. The van der Waals surface area contributed by atoms with Crippen molar-refractivity contribution < 1.29 is 9.47 Å². The number of H-pyrrole nitrogens is 1. The Morgan fingerprint density at radius 1 is 0.935 bits per heavy atom. The van der Waals surface area contributed by atoms with Crippen LogP contribution in [0, 0.1) is 11.3 Å². The number of ether oxygens (including phenoxy) is 2. The van der Waals surface area contributed by atoms with Crippen LogP contribution in [0.25, 0.3) is 10.9 Å². The van der Waals surface area contributed by atoms with E-state index >= 15 is 0 Å². The normalized spacial score (nSPS) is 16.4. The van der Waals surface area contributed by atoms with Crippen molar-refractivity contribution in [3.8, 4) is 17.6 Å². The quantitative estimate of drug-likeness (QED) is 0.617. The monoisotopic (exact) mass is 416 g/mol. The van der Waals surface area contributed by atoms with Crippen molar-refractivity contribution in [3.63, 3.8) is 0 Å². The summed E-state index contributed by atoms with van der Waals surface area (Å²) in [6, 6.07) is 14.4. The minimum absolute atomic E-state index is 0.627. The van der Waals surface area contributed by atoms with Crippen LogP contribution in [0.1, 0.15) is 24.0 Å². The number of unbranched alkanes of at least 4 members (excludes halogenated alkanes) is 1. The molecule has 2 aromatic carbocycles. The molecule has 1 aromatic heterocycles. The Balaban J connectivity index is 1.08. The van der Waals surface area contributed by atoms with E-state index < -0.39 is 0 Å². The number of nitriles is 1. The molecular weight excluding hydrogens is 388 g/mol. The molecule has 2 aliphatic rings. The third-order valence-corrected chi connectivity index (χ3v) is 6.33. The van der Waals surface area contributed by atoms with Gasteiger partial charge in [-0.3, -0.25) is 4.90 Å². The van der Waals surface area contributed by atoms with Crippen molar-refractivity contribution in [1.29, 1.82) is 5.26 Å². The zero-order valence-corrected chi connectivity index (χ0v) is 17.8. The highest BCUT2D eigenvalue weighted by Gasteiger charge is 2.19. The number of aromatic amines is 1. The van der Waals surface area contributed by atoms with Crippen LogP contribution in [0.15, 0.2) is 42.6 Å². The molecule has 1 saturated heterocycles. The first-order valence-corrected chi connectivity index (χ1v) is 11.2. The number of nitrogens with zero attached hydrogens (tertiary/aromatic N) is 3. The number of rotatable bonds is 6. The smallest absolute Gasteiger partial charge is 0.163 e. The van der Waals surface area contributed by atoms with E-state index in [-0.39, 0.29) is 0 Å². The number of piperazine rings is 1. The van der Waals surface area contributed by atoms with E-state index in [0.29, 0.717) is 13.2 Å². The molecule has 31 heavy (non-hydrogen) atoms. The predicted octanol–water partition coefficient (Wildman–Crippen LogP) is 3.96. The Bertz CT molecular complexity index is 1090. The van der Waals surface area contributed by atoms with Gasteiger partial charge in [-0.25, -0.2) is 0 Å². The van der Waals surface area contributed by atoms with Crippen molar-refractivity contribution >= 4 is 16.6 Å². The predicted molar refractivity (Wildman–Crippen MR) is 122 cm³/mol. The van der Waals surface area contributed by atoms with E-state index in [1.54, 1.807) is 0 Å². The Labute approximate surface area is 183 Å². The van der Waals surface area contributed by atoms with Gasteiger partial charge in [-0.1, -0.05) is 0 Å². The molecule has 3 aromatic rings. The van der Waals surface area contributed by atoms with E-state index in [4.69, 9.17) is 14.7 Å². The molecule has 0 radical (unpaired) electrons. The standard InChI is InChI=1S/C25H28N4O2/c26-17-19-4-6-23-22(15-19)20(18-27-23)3-1-2-8-28-9-11-29(12-10-28)21-5-7-24-25(16-21)31-14-13-30-24/h4-7,15-16,18,27H,1-3,8-14H2. The summed E-state index contributed by atoms with van der Waals surface area (Å²) in [5.41, 5.74) is 4.38. The Kier molecular flexibility index (Phi) is 5.68. The van der Waals surface area contributed by atoms with Gasteiger partial charge in [0.25, 0.3) is 0 Å². The molecule has 6 nitrogen and oxygen atoms in total. The molecule has 160 valence electrons. The molecule has 0 saturated carbocycles. The number of benzene rings is 2. The highest BCUT2D eigenvalue weighted by molar-refractivity contribution is 5.84. The van der Waals surface area contributed by atoms with Crippen LogP contribution < -0.4 is 14.4 Å². The van der Waals surface area contributed by atoms with Gasteiger partial charge in [0, 0.05) is 55.0 Å². The van der Waals surface area contributed by atoms with Gasteiger partial charge in [-0.2, -0.15) is 5.26 Å². The summed E-state index contributed by atoms with van der Waals surface area (Å²) >= 11 is 0. The fraction of sp³-hybridized carbons (Fsp3) is 0.400. The number of fused-ring (bicyclic) bond motifs is 2. The second-order valence-corrected chi connectivity index (χ2v) is 8.30. The average molecular weight is 417 g/mol. The van der Waals surface area contributed by atoms with Gasteiger partial charge < -0.3 is 19.4 Å². The van der Waals surface area contributed by atoms with Crippen molar-refractivity contribution in [2.24, 2.45) is 0 Å². The summed E-state index contributed by atoms with van der Waals surface area (Å²) in [6.07, 6.45) is 5.49. The van der Waals surface area contributed by atoms with Gasteiger partial charge in [0.15, 0.2) is 11.5 Å². The zero-order valence-electron chi connectivity index (χ0n) is 17.8. The Hall–Kier alpha value is -3.17. The first-order valence-electron chi connectivity index (χ1n) is 11.2. The molecule has 5 rings (SSSR count). The topological polar surface area (TPSA) is 64.5 Å². The van der Waals surface area contributed by atoms with Crippen molar-refractivity contribution in [1.82, 2.24) is 9.88 Å². The molecule has 2 aliphatic heterocycles. The third kappa shape index (κ3) is 4.33. The summed E-state index contributed by atoms with van der Waals surface area (Å²) in [4.78, 5) is 8.33. The minimum Gasteiger partial charge on any atom is -0.486 e. The molecule has 3 heterocycles. The number of hydrogen-bond acceptors (Lipinski definition) is 5. The summed E-state index contributed by atoms with van der Waals surface area (Å²) in [6.45, 7) is 6.66. The van der Waals surface area contributed by atoms with E-state index in [1.807, 2.05) is 24.3 Å². The maximum atomic E-state index is 9.15. The molecule has 0 bridgehead atoms. The first kappa shape index (κ1) is 19.8. The Morgan fingerprint density at radius 2 is 1.77 bits per heavy atom. The van der Waals surface area contributed by atoms with Gasteiger partial charge in [0.1, 0.15) is 13.2 Å². The summed E-state index contributed by atoms with van der Waals surface area (Å²) in [7, 11) is 0. The average Bonchev–Trinajstić information content (AvgIpc) is 3.24. The lowest BCUT2D eigenvalue weighted by Crippen LogP contribution is -2.46. The molecule has 0 atom stereocenters. The lowest BCUT2D eigenvalue weighted by atomic mass is 10.1. The van der Waals surface area contributed by atoms with Crippen LogP contribution in [0.2, 0.25) is 0 Å². The molecule has 1 N–H and O–H groups in total. The molecule has 0 aliphatic carbocycles. The molecule has 6 heteroatoms. The number of nitrogens with one attached hydrogen (secondary N) is 1. The maximum absolute atomic E-state index is 9.15. The first-order chi connectivity index (χ1) is 15.3. The van der Waals surface area contributed by atoms with E-state index in [1.165, 1.54) is 23.1 Å². The van der Waals surface area contributed by atoms with Gasteiger partial charge in [0.05, 0.1) is 11.6 Å². The second kappa shape index (κ2) is 8.91. The number of aryl methyl sites for hydroxylation is 1. The fourth-order valence-electron chi connectivity index (χ4n) is 4.56. The summed E-state index contributed by atoms with van der Waals surface area (Å²) in [5, 5.41) is 10.3. The SMILES string of the molecule is N#Cc1ccc2[nH]cc(CCCCN3CCN(c4ccc5c(c4)OCCO5)CC3)c2c1. The number of aromatic nitrogens is 1. The van der Waals surface area contributed by atoms with Crippen molar-refractivity contribution in [3.05, 3.63) is 53.7 Å². The van der Waals surface area contributed by atoms with Crippen molar-refractivity contribution in [2.75, 3.05) is 50.8 Å². The largest absolute Gasteiger partial charge is 0.486 e. The molecule has 1 fully saturated rings. The number of anilines is 1. The molecule has 0 unspecified atom stereocenters. The van der Waals surface area contributed by atoms with E-state index in [2.05, 4.69) is 39.2 Å². The summed E-state index contributed by atoms with van der Waals surface area (Å²) in [5.74, 6) is 1.72. The van der Waals surface area contributed by atoms with Crippen molar-refractivity contribution in [2.45, 2.75) is 19.3 Å². The van der Waals surface area contributed by atoms with Crippen LogP contribution in [0.3, 0.4) is 0 Å². The molecule has 0 amide bonds. The number of hydrogen-bond donors (Lipinski definition) is 1. The van der Waals surface area contributed by atoms with E-state index in [0.717, 1.165) is 68.1 Å². The van der Waals surface area contributed by atoms with Gasteiger partial charge in [-0.05, 0) is 61.7 Å². The highest BCUT2D eigenvalue weighted by Crippen LogP contribution is 2.34. The van der Waals surface area contributed by atoms with Crippen LogP contribution in [-0.2, 0) is 6.42 Å². The van der Waals surface area contributed by atoms with Crippen LogP contribution in [-0.4, -0.2) is 55.8 Å². The van der Waals surface area contributed by atoms with Gasteiger partial charge >= 0.3 is 0 Å². The molecule has 0 spiro atoms. The third-order valence-electron chi connectivity index (χ3n) is 6.33. The summed E-state index contributed by atoms with van der Waals surface area (Å²) < 4.78 is 11.4. The zero-order chi connectivity index (χ0) is 21.0. The van der Waals surface area contributed by atoms with Crippen LogP contribution in [0.4, 0.5) is 5.69 Å². The highest BCUT2D eigenvalue weighted by atomic mass is 16.6. The second-order valence-electron chi connectivity index (χ2n) is 8.30. The lowest BCUT2D eigenvalue weighted by molar-refractivity contribution is 0.171. The van der Waals surface area contributed by atoms with Crippen LogP contribution in [0.5, 0.6) is 11.5 Å². The Morgan fingerprint density at radius 3 is 2.61 bits per heavy atom. The van der Waals surface area contributed by atoms with Gasteiger partial charge in [0.2, 0.25) is 0 Å². The van der Waals surface area contributed by atoms with Crippen LogP contribution >= 0.6 is 0 Å². The maximum Gasteiger partial charge on any atom is 0.163 e.